The van der Waals surface area contributed by atoms with Gasteiger partial charge in [-0.05, 0) is 45.0 Å². The van der Waals surface area contributed by atoms with Gasteiger partial charge in [-0.25, -0.2) is 0 Å². The molecule has 1 unspecified atom stereocenters. The second-order valence-electron chi connectivity index (χ2n) is 7.28. The molecule has 0 aromatic heterocycles. The normalized spacial score (nSPS) is 12.5. The summed E-state index contributed by atoms with van der Waals surface area (Å²) >= 11 is 0. The summed E-state index contributed by atoms with van der Waals surface area (Å²) in [6, 6.07) is 13.8. The van der Waals surface area contributed by atoms with Crippen LogP contribution < -0.4 is 10.9 Å². The van der Waals surface area contributed by atoms with Gasteiger partial charge in [-0.1, -0.05) is 73.5 Å². The van der Waals surface area contributed by atoms with E-state index in [9.17, 15) is 14.7 Å². The molecule has 0 spiro atoms. The predicted octanol–water partition coefficient (Wildman–Crippen LogP) is 2.42. The van der Waals surface area contributed by atoms with Crippen LogP contribution in [-0.2, 0) is 15.2 Å². The number of carbonyl (C=O) groups excluding carboxylic acids is 2. The molecular weight excluding hydrogens is 366 g/mol. The molecule has 0 bridgehead atoms. The molecule has 2 aromatic carbocycles. The highest BCUT2D eigenvalue weighted by molar-refractivity contribution is 5.92. The van der Waals surface area contributed by atoms with Gasteiger partial charge < -0.3 is 5.11 Å². The Kier molecular flexibility index (Phi) is 7.53. The number of benzene rings is 2. The van der Waals surface area contributed by atoms with Gasteiger partial charge in [0.15, 0.2) is 5.60 Å². The molecule has 6 nitrogen and oxygen atoms in total. The summed E-state index contributed by atoms with van der Waals surface area (Å²) in [5.74, 6) is -1.05. The SMILES string of the molecule is CCN(CC)C(C)C(=O)NNC(=O)C(O)(c1ccc(C)cc1)c1ccc(C)cc1. The minimum absolute atomic E-state index is 0.336. The maximum Gasteiger partial charge on any atom is 0.279 e. The average Bonchev–Trinajstić information content (AvgIpc) is 2.72. The van der Waals surface area contributed by atoms with Gasteiger partial charge in [0.05, 0.1) is 6.04 Å². The molecular formula is C23H31N3O3. The molecule has 2 aromatic rings. The number of hydrazine groups is 1. The van der Waals surface area contributed by atoms with E-state index in [0.29, 0.717) is 11.1 Å². The highest BCUT2D eigenvalue weighted by Gasteiger charge is 2.40. The Morgan fingerprint density at radius 3 is 1.69 bits per heavy atom. The molecule has 156 valence electrons. The lowest BCUT2D eigenvalue weighted by molar-refractivity contribution is -0.141. The molecule has 6 heteroatoms. The van der Waals surface area contributed by atoms with Gasteiger partial charge in [-0.15, -0.1) is 0 Å². The van der Waals surface area contributed by atoms with Gasteiger partial charge in [0, 0.05) is 0 Å². The van der Waals surface area contributed by atoms with Crippen molar-refractivity contribution in [1.29, 1.82) is 0 Å². The number of aryl methyl sites for hydroxylation is 2. The zero-order chi connectivity index (χ0) is 21.6. The molecule has 29 heavy (non-hydrogen) atoms. The number of hydrogen-bond donors (Lipinski definition) is 3. The van der Waals surface area contributed by atoms with Crippen molar-refractivity contribution >= 4 is 11.8 Å². The fraction of sp³-hybridized carbons (Fsp3) is 0.391. The standard InChI is InChI=1S/C23H31N3O3/c1-6-26(7-2)18(5)21(27)24-25-22(28)23(29,19-12-8-16(3)9-13-19)20-14-10-17(4)11-15-20/h8-15,18,29H,6-7H2,1-5H3,(H,24,27)(H,25,28). The molecule has 0 fully saturated rings. The largest absolute Gasteiger partial charge is 0.372 e. The van der Waals surface area contributed by atoms with E-state index in [1.165, 1.54) is 0 Å². The summed E-state index contributed by atoms with van der Waals surface area (Å²) in [4.78, 5) is 27.5. The fourth-order valence-corrected chi connectivity index (χ4v) is 3.27. The Morgan fingerprint density at radius 1 is 0.897 bits per heavy atom. The number of aliphatic hydroxyl groups is 1. The van der Waals surface area contributed by atoms with Crippen LogP contribution in [0.2, 0.25) is 0 Å². The molecule has 0 aliphatic heterocycles. The van der Waals surface area contributed by atoms with Crippen LogP contribution in [0.1, 0.15) is 43.0 Å². The van der Waals surface area contributed by atoms with E-state index < -0.39 is 17.6 Å². The Labute approximate surface area is 172 Å². The number of rotatable bonds is 7. The summed E-state index contributed by atoms with van der Waals surface area (Å²) in [6.07, 6.45) is 0. The molecule has 3 N–H and O–H groups in total. The number of nitrogens with one attached hydrogen (secondary N) is 2. The van der Waals surface area contributed by atoms with Crippen LogP contribution in [0.25, 0.3) is 0 Å². The number of carbonyl (C=O) groups is 2. The van der Waals surface area contributed by atoms with E-state index in [-0.39, 0.29) is 5.91 Å². The number of likely N-dealkylation sites (N-methyl/N-ethyl adjacent to an activating group) is 1. The third kappa shape index (κ3) is 5.02. The van der Waals surface area contributed by atoms with Crippen LogP contribution >= 0.6 is 0 Å². The first-order chi connectivity index (χ1) is 13.7. The third-order valence-corrected chi connectivity index (χ3v) is 5.31. The van der Waals surface area contributed by atoms with Crippen molar-refractivity contribution in [2.24, 2.45) is 0 Å². The Bertz CT molecular complexity index is 782. The van der Waals surface area contributed by atoms with E-state index in [1.807, 2.05) is 56.9 Å². The van der Waals surface area contributed by atoms with Gasteiger partial charge in [-0.2, -0.15) is 0 Å². The molecule has 0 aliphatic rings. The van der Waals surface area contributed by atoms with Gasteiger partial charge >= 0.3 is 0 Å². The van der Waals surface area contributed by atoms with Gasteiger partial charge in [-0.3, -0.25) is 25.3 Å². The zero-order valence-electron chi connectivity index (χ0n) is 17.8. The maximum atomic E-state index is 13.1. The van der Waals surface area contributed by atoms with Crippen molar-refractivity contribution < 1.29 is 14.7 Å². The van der Waals surface area contributed by atoms with Crippen molar-refractivity contribution in [3.8, 4) is 0 Å². The van der Waals surface area contributed by atoms with Crippen LogP contribution in [0.3, 0.4) is 0 Å². The summed E-state index contributed by atoms with van der Waals surface area (Å²) in [5, 5.41) is 11.5. The van der Waals surface area contributed by atoms with Crippen LogP contribution in [-0.4, -0.2) is 41.0 Å². The highest BCUT2D eigenvalue weighted by atomic mass is 16.3. The average molecular weight is 398 g/mol. The van der Waals surface area contributed by atoms with E-state index in [2.05, 4.69) is 10.9 Å². The number of nitrogens with zero attached hydrogens (tertiary/aromatic N) is 1. The Hall–Kier alpha value is -2.70. The predicted molar refractivity (Wildman–Crippen MR) is 114 cm³/mol. The Morgan fingerprint density at radius 2 is 1.31 bits per heavy atom. The van der Waals surface area contributed by atoms with Crippen molar-refractivity contribution in [1.82, 2.24) is 15.8 Å². The molecule has 1 atom stereocenters. The molecule has 2 rings (SSSR count). The summed E-state index contributed by atoms with van der Waals surface area (Å²) < 4.78 is 0. The quantitative estimate of drug-likeness (QED) is 0.627. The highest BCUT2D eigenvalue weighted by Crippen LogP contribution is 2.30. The van der Waals surface area contributed by atoms with Crippen LogP contribution in [0, 0.1) is 13.8 Å². The van der Waals surface area contributed by atoms with E-state index in [0.717, 1.165) is 24.2 Å². The first-order valence-corrected chi connectivity index (χ1v) is 9.95. The summed E-state index contributed by atoms with van der Waals surface area (Å²) in [5.41, 5.74) is 5.82. The number of hydrogen-bond acceptors (Lipinski definition) is 4. The second-order valence-corrected chi connectivity index (χ2v) is 7.28. The minimum Gasteiger partial charge on any atom is -0.372 e. The van der Waals surface area contributed by atoms with Crippen LogP contribution in [0.4, 0.5) is 0 Å². The van der Waals surface area contributed by atoms with Crippen molar-refractivity contribution in [3.63, 3.8) is 0 Å². The van der Waals surface area contributed by atoms with E-state index >= 15 is 0 Å². The van der Waals surface area contributed by atoms with Gasteiger partial charge in [0.2, 0.25) is 0 Å². The second kappa shape index (κ2) is 9.67. The summed E-state index contributed by atoms with van der Waals surface area (Å²) in [6.45, 7) is 11.0. The lowest BCUT2D eigenvalue weighted by atomic mass is 9.85. The van der Waals surface area contributed by atoms with E-state index in [1.54, 1.807) is 31.2 Å². The van der Waals surface area contributed by atoms with Crippen molar-refractivity contribution in [3.05, 3.63) is 70.8 Å². The maximum absolute atomic E-state index is 13.1. The van der Waals surface area contributed by atoms with E-state index in [4.69, 9.17) is 0 Å². The number of amides is 2. The monoisotopic (exact) mass is 397 g/mol. The topological polar surface area (TPSA) is 81.7 Å². The summed E-state index contributed by atoms with van der Waals surface area (Å²) in [7, 11) is 0. The van der Waals surface area contributed by atoms with Crippen molar-refractivity contribution in [2.45, 2.75) is 46.3 Å². The van der Waals surface area contributed by atoms with Crippen LogP contribution in [0.15, 0.2) is 48.5 Å². The molecule has 0 saturated carbocycles. The third-order valence-electron chi connectivity index (χ3n) is 5.31. The van der Waals surface area contributed by atoms with Gasteiger partial charge in [0.1, 0.15) is 0 Å². The van der Waals surface area contributed by atoms with Gasteiger partial charge in [0.25, 0.3) is 11.8 Å². The molecule has 0 aliphatic carbocycles. The molecule has 0 radical (unpaired) electrons. The first-order valence-electron chi connectivity index (χ1n) is 9.95. The van der Waals surface area contributed by atoms with Crippen molar-refractivity contribution in [2.75, 3.05) is 13.1 Å². The fourth-order valence-electron chi connectivity index (χ4n) is 3.27. The lowest BCUT2D eigenvalue weighted by Crippen LogP contribution is -2.56. The molecule has 0 saturated heterocycles. The first kappa shape index (κ1) is 22.6. The Balaban J connectivity index is 2.29. The molecule has 2 amide bonds. The smallest absolute Gasteiger partial charge is 0.279 e. The van der Waals surface area contributed by atoms with Crippen LogP contribution in [0.5, 0.6) is 0 Å². The molecule has 0 heterocycles. The minimum atomic E-state index is -1.94. The lowest BCUT2D eigenvalue weighted by Gasteiger charge is -2.29. The zero-order valence-corrected chi connectivity index (χ0v) is 17.8.